The molecule has 2 fully saturated rings. The minimum Gasteiger partial charge on any atom is -0.476 e. The summed E-state index contributed by atoms with van der Waals surface area (Å²) in [5, 5.41) is 6.48. The maximum atomic E-state index is 12.4. The van der Waals surface area contributed by atoms with Crippen molar-refractivity contribution in [3.8, 4) is 5.88 Å². The molecule has 1 saturated heterocycles. The number of nitrogens with one attached hydrogen (secondary N) is 2. The topological polar surface area (TPSA) is 71.5 Å². The van der Waals surface area contributed by atoms with Gasteiger partial charge in [0.1, 0.15) is 5.02 Å². The van der Waals surface area contributed by atoms with Crippen molar-refractivity contribution >= 4 is 28.9 Å². The van der Waals surface area contributed by atoms with Crippen LogP contribution in [0.15, 0.2) is 30.5 Å². The lowest BCUT2D eigenvalue weighted by molar-refractivity contribution is 0.122. The van der Waals surface area contributed by atoms with Gasteiger partial charge in [-0.3, -0.25) is 0 Å². The maximum Gasteiger partial charge on any atom is 0.250 e. The Morgan fingerprint density at radius 1 is 1.12 bits per heavy atom. The molecule has 1 aromatic heterocycles. The average Bonchev–Trinajstić information content (AvgIpc) is 2.85. The fraction of sp³-hybridized carbons (Fsp3) is 0.565. The molecule has 33 heavy (non-hydrogen) atoms. The van der Waals surface area contributed by atoms with Crippen molar-refractivity contribution in [2.24, 2.45) is 5.92 Å². The van der Waals surface area contributed by atoms with Gasteiger partial charge < -0.3 is 25.0 Å². The minimum atomic E-state index is -2.31. The van der Waals surface area contributed by atoms with Crippen molar-refractivity contribution in [2.45, 2.75) is 38.2 Å². The predicted molar refractivity (Wildman–Crippen MR) is 125 cm³/mol. The molecule has 2 aliphatic rings. The second-order valence-electron chi connectivity index (χ2n) is 8.45. The van der Waals surface area contributed by atoms with Gasteiger partial charge in [0.05, 0.1) is 32.6 Å². The normalized spacial score (nSPS) is 21.3. The SMILES string of the molecule is FC(F)CNC1CCC(COc2nc(Nc3ccc(N4CCOCC4)cc3)ncc2Cl)CC1. The number of alkyl halides is 2. The highest BCUT2D eigenvalue weighted by atomic mass is 35.5. The minimum absolute atomic E-state index is 0.156. The van der Waals surface area contributed by atoms with E-state index in [0.717, 1.165) is 63.4 Å². The zero-order valence-corrected chi connectivity index (χ0v) is 19.2. The monoisotopic (exact) mass is 481 g/mol. The van der Waals surface area contributed by atoms with Crippen molar-refractivity contribution < 1.29 is 18.3 Å². The zero-order valence-electron chi connectivity index (χ0n) is 18.5. The van der Waals surface area contributed by atoms with E-state index in [4.69, 9.17) is 21.1 Å². The molecule has 0 unspecified atom stereocenters. The smallest absolute Gasteiger partial charge is 0.250 e. The van der Waals surface area contributed by atoms with Crippen LogP contribution >= 0.6 is 11.6 Å². The summed E-state index contributed by atoms with van der Waals surface area (Å²) in [4.78, 5) is 11.0. The van der Waals surface area contributed by atoms with Crippen molar-refractivity contribution in [1.29, 1.82) is 0 Å². The fourth-order valence-corrected chi connectivity index (χ4v) is 4.35. The molecular formula is C23H30ClF2N5O2. The summed E-state index contributed by atoms with van der Waals surface area (Å²) in [6.07, 6.45) is 2.79. The van der Waals surface area contributed by atoms with E-state index < -0.39 is 6.43 Å². The standard InChI is InChI=1S/C23H30ClF2N5O2/c24-20-13-28-23(29-18-5-7-19(8-6-18)31-9-11-32-12-10-31)30-22(20)33-15-16-1-3-17(4-2-16)27-14-21(25)26/h5-8,13,16-17,21,27H,1-4,9-12,14-15H2,(H,28,29,30). The molecule has 2 aromatic rings. The first kappa shape index (κ1) is 23.9. The lowest BCUT2D eigenvalue weighted by atomic mass is 9.86. The largest absolute Gasteiger partial charge is 0.476 e. The van der Waals surface area contributed by atoms with Gasteiger partial charge in [0.25, 0.3) is 6.43 Å². The highest BCUT2D eigenvalue weighted by Crippen LogP contribution is 2.28. The number of morpholine rings is 1. The van der Waals surface area contributed by atoms with Crippen LogP contribution < -0.4 is 20.3 Å². The molecule has 0 radical (unpaired) electrons. The molecule has 4 rings (SSSR count). The van der Waals surface area contributed by atoms with Crippen LogP contribution in [0.5, 0.6) is 5.88 Å². The van der Waals surface area contributed by atoms with E-state index in [9.17, 15) is 8.78 Å². The van der Waals surface area contributed by atoms with E-state index in [2.05, 4.69) is 37.6 Å². The Labute approximate surface area is 197 Å². The predicted octanol–water partition coefficient (Wildman–Crippen LogP) is 4.50. The third-order valence-corrected chi connectivity index (χ3v) is 6.33. The van der Waals surface area contributed by atoms with Gasteiger partial charge in [0, 0.05) is 30.5 Å². The van der Waals surface area contributed by atoms with Crippen LogP contribution in [0.4, 0.5) is 26.1 Å². The van der Waals surface area contributed by atoms with Crippen LogP contribution in [-0.4, -0.2) is 61.9 Å². The molecule has 0 amide bonds. The van der Waals surface area contributed by atoms with E-state index in [0.29, 0.717) is 29.4 Å². The Kier molecular flexibility index (Phi) is 8.52. The highest BCUT2D eigenvalue weighted by molar-refractivity contribution is 6.31. The third kappa shape index (κ3) is 7.12. The summed E-state index contributed by atoms with van der Waals surface area (Å²) in [6.45, 7) is 3.53. The van der Waals surface area contributed by atoms with E-state index in [-0.39, 0.29) is 12.6 Å². The molecule has 2 N–H and O–H groups in total. The van der Waals surface area contributed by atoms with Crippen molar-refractivity contribution in [3.63, 3.8) is 0 Å². The van der Waals surface area contributed by atoms with Crippen molar-refractivity contribution in [1.82, 2.24) is 15.3 Å². The van der Waals surface area contributed by atoms with Gasteiger partial charge in [-0.15, -0.1) is 0 Å². The van der Waals surface area contributed by atoms with Crippen LogP contribution in [-0.2, 0) is 4.74 Å². The number of rotatable bonds is 9. The van der Waals surface area contributed by atoms with Gasteiger partial charge in [-0.25, -0.2) is 13.8 Å². The molecule has 1 aromatic carbocycles. The van der Waals surface area contributed by atoms with E-state index in [1.54, 1.807) is 0 Å². The third-order valence-electron chi connectivity index (χ3n) is 6.07. The molecule has 0 bridgehead atoms. The van der Waals surface area contributed by atoms with Gasteiger partial charge in [-0.2, -0.15) is 4.98 Å². The molecule has 1 aliphatic carbocycles. The number of anilines is 3. The molecule has 180 valence electrons. The number of nitrogens with zero attached hydrogens (tertiary/aromatic N) is 3. The Morgan fingerprint density at radius 3 is 2.55 bits per heavy atom. The summed E-state index contributed by atoms with van der Waals surface area (Å²) >= 11 is 6.24. The van der Waals surface area contributed by atoms with E-state index >= 15 is 0 Å². The molecule has 1 saturated carbocycles. The van der Waals surface area contributed by atoms with Crippen LogP contribution in [0.1, 0.15) is 25.7 Å². The molecule has 0 atom stereocenters. The van der Waals surface area contributed by atoms with Gasteiger partial charge in [0.15, 0.2) is 0 Å². The molecular weight excluding hydrogens is 452 g/mol. The lowest BCUT2D eigenvalue weighted by Crippen LogP contribution is -2.37. The summed E-state index contributed by atoms with van der Waals surface area (Å²) in [5.41, 5.74) is 2.03. The number of halogens is 3. The van der Waals surface area contributed by atoms with Crippen LogP contribution in [0.2, 0.25) is 5.02 Å². The second kappa shape index (κ2) is 11.8. The number of hydrogen-bond donors (Lipinski definition) is 2. The maximum absolute atomic E-state index is 12.4. The van der Waals surface area contributed by atoms with Gasteiger partial charge in [-0.05, 0) is 55.9 Å². The Balaban J connectivity index is 1.27. The van der Waals surface area contributed by atoms with Gasteiger partial charge in [-0.1, -0.05) is 11.6 Å². The number of hydrogen-bond acceptors (Lipinski definition) is 7. The van der Waals surface area contributed by atoms with Crippen LogP contribution in [0.3, 0.4) is 0 Å². The Bertz CT molecular complexity index is 876. The quantitative estimate of drug-likeness (QED) is 0.546. The summed E-state index contributed by atoms with van der Waals surface area (Å²) < 4.78 is 36.0. The first-order valence-corrected chi connectivity index (χ1v) is 11.8. The molecule has 0 spiro atoms. The Hall–Kier alpha value is -2.23. The first-order chi connectivity index (χ1) is 16.1. The summed E-state index contributed by atoms with van der Waals surface area (Å²) in [7, 11) is 0. The van der Waals surface area contributed by atoms with E-state index in [1.165, 1.54) is 6.20 Å². The van der Waals surface area contributed by atoms with Crippen LogP contribution in [0, 0.1) is 5.92 Å². The van der Waals surface area contributed by atoms with Crippen LogP contribution in [0.25, 0.3) is 0 Å². The second-order valence-corrected chi connectivity index (χ2v) is 8.85. The van der Waals surface area contributed by atoms with Gasteiger partial charge >= 0.3 is 0 Å². The lowest BCUT2D eigenvalue weighted by Gasteiger charge is -2.29. The number of aromatic nitrogens is 2. The summed E-state index contributed by atoms with van der Waals surface area (Å²) in [5.74, 6) is 1.11. The van der Waals surface area contributed by atoms with E-state index in [1.807, 2.05) is 12.1 Å². The Morgan fingerprint density at radius 2 is 1.85 bits per heavy atom. The molecule has 7 nitrogen and oxygen atoms in total. The summed E-state index contributed by atoms with van der Waals surface area (Å²) in [6, 6.07) is 8.26. The zero-order chi connectivity index (χ0) is 23.0. The molecule has 10 heteroatoms. The average molecular weight is 482 g/mol. The number of benzene rings is 1. The molecule has 1 aliphatic heterocycles. The molecule has 2 heterocycles. The fourth-order valence-electron chi connectivity index (χ4n) is 4.20. The van der Waals surface area contributed by atoms with Crippen molar-refractivity contribution in [2.75, 3.05) is 49.7 Å². The van der Waals surface area contributed by atoms with Crippen molar-refractivity contribution in [3.05, 3.63) is 35.5 Å². The first-order valence-electron chi connectivity index (χ1n) is 11.4. The van der Waals surface area contributed by atoms with Gasteiger partial charge in [0.2, 0.25) is 11.8 Å². The number of ether oxygens (including phenoxy) is 2. The highest BCUT2D eigenvalue weighted by Gasteiger charge is 2.22.